The number of aryl methyl sites for hydroxylation is 2. The number of ether oxygens (including phenoxy) is 1. The van der Waals surface area contributed by atoms with Crippen LogP contribution in [0.5, 0.6) is 5.75 Å². The van der Waals surface area contributed by atoms with E-state index >= 15 is 0 Å². The summed E-state index contributed by atoms with van der Waals surface area (Å²) in [5.41, 5.74) is 5.06. The average molecular weight is 475 g/mol. The van der Waals surface area contributed by atoms with Gasteiger partial charge in [-0.2, -0.15) is 4.39 Å². The molecule has 0 atom stereocenters. The normalized spacial score (nSPS) is 18.2. The fraction of sp³-hybridized carbons (Fsp3) is 0.375. The summed E-state index contributed by atoms with van der Waals surface area (Å²) in [6, 6.07) is 20.0. The Hall–Kier alpha value is -2.94. The van der Waals surface area contributed by atoms with E-state index in [0.717, 1.165) is 19.3 Å². The molecule has 3 aromatic rings. The summed E-state index contributed by atoms with van der Waals surface area (Å²) in [5.74, 6) is -0.619. The Morgan fingerprint density at radius 2 is 1.49 bits per heavy atom. The van der Waals surface area contributed by atoms with Crippen LogP contribution in [0.25, 0.3) is 11.1 Å². The van der Waals surface area contributed by atoms with Crippen LogP contribution in [0.2, 0.25) is 0 Å². The Morgan fingerprint density at radius 3 is 2.14 bits per heavy atom. The standard InChI is InChI=1S/C32H36F2O/c1-3-23-9-11-24(12-10-23)7-5-6-8-25-13-15-26(16-14-25)27-17-19-28(20-18-27)29-21-22-30(35-4-2)32(34)31(29)33/h6,8-12,17-22,25-26H,3-5,7,13-16H2,1-2H3. The molecule has 0 aromatic heterocycles. The first kappa shape index (κ1) is 25.2. The highest BCUT2D eigenvalue weighted by molar-refractivity contribution is 5.65. The molecule has 0 amide bonds. The third-order valence-electron chi connectivity index (χ3n) is 7.25. The van der Waals surface area contributed by atoms with Crippen molar-refractivity contribution in [1.82, 2.24) is 0 Å². The minimum Gasteiger partial charge on any atom is -0.491 e. The van der Waals surface area contributed by atoms with Crippen LogP contribution in [0.3, 0.4) is 0 Å². The van der Waals surface area contributed by atoms with Gasteiger partial charge in [-0.05, 0) is 98.1 Å². The molecule has 1 nitrogen and oxygen atoms in total. The van der Waals surface area contributed by atoms with Crippen LogP contribution < -0.4 is 4.74 Å². The lowest BCUT2D eigenvalue weighted by Gasteiger charge is -2.27. The second-order valence-corrected chi connectivity index (χ2v) is 9.54. The summed E-state index contributed by atoms with van der Waals surface area (Å²) >= 11 is 0. The first-order valence-corrected chi connectivity index (χ1v) is 13.0. The van der Waals surface area contributed by atoms with Crippen LogP contribution >= 0.6 is 0 Å². The van der Waals surface area contributed by atoms with E-state index in [-0.39, 0.29) is 11.3 Å². The van der Waals surface area contributed by atoms with Crippen LogP contribution in [0.4, 0.5) is 8.78 Å². The lowest BCUT2D eigenvalue weighted by atomic mass is 9.78. The highest BCUT2D eigenvalue weighted by Crippen LogP contribution is 2.37. The summed E-state index contributed by atoms with van der Waals surface area (Å²) in [4.78, 5) is 0. The lowest BCUT2D eigenvalue weighted by molar-refractivity contribution is 0.314. The van der Waals surface area contributed by atoms with Gasteiger partial charge in [-0.25, -0.2) is 4.39 Å². The van der Waals surface area contributed by atoms with Crippen molar-refractivity contribution in [3.05, 3.63) is 101 Å². The Bertz CT molecular complexity index is 1110. The van der Waals surface area contributed by atoms with E-state index in [1.807, 2.05) is 12.1 Å². The second kappa shape index (κ2) is 12.2. The molecule has 1 aliphatic carbocycles. The van der Waals surface area contributed by atoms with Crippen molar-refractivity contribution in [3.63, 3.8) is 0 Å². The molecule has 1 aliphatic rings. The molecular formula is C32H36F2O. The second-order valence-electron chi connectivity index (χ2n) is 9.54. The number of halogens is 2. The van der Waals surface area contributed by atoms with Gasteiger partial charge in [-0.1, -0.05) is 67.6 Å². The van der Waals surface area contributed by atoms with E-state index in [0.29, 0.717) is 24.0 Å². The van der Waals surface area contributed by atoms with Crippen molar-refractivity contribution in [3.8, 4) is 16.9 Å². The molecule has 0 unspecified atom stereocenters. The molecule has 1 saturated carbocycles. The Kier molecular flexibility index (Phi) is 8.74. The molecule has 4 rings (SSSR count). The van der Waals surface area contributed by atoms with Gasteiger partial charge in [0.25, 0.3) is 0 Å². The summed E-state index contributed by atoms with van der Waals surface area (Å²) in [7, 11) is 0. The van der Waals surface area contributed by atoms with Crippen molar-refractivity contribution < 1.29 is 13.5 Å². The van der Waals surface area contributed by atoms with E-state index in [1.54, 1.807) is 13.0 Å². The van der Waals surface area contributed by atoms with Gasteiger partial charge in [0.05, 0.1) is 6.61 Å². The maximum absolute atomic E-state index is 14.6. The summed E-state index contributed by atoms with van der Waals surface area (Å²) < 4.78 is 34.0. The van der Waals surface area contributed by atoms with Crippen LogP contribution in [-0.2, 0) is 12.8 Å². The molecule has 0 heterocycles. The van der Waals surface area contributed by atoms with Gasteiger partial charge in [0, 0.05) is 5.56 Å². The van der Waals surface area contributed by atoms with E-state index in [4.69, 9.17) is 4.74 Å². The topological polar surface area (TPSA) is 9.23 Å². The molecule has 35 heavy (non-hydrogen) atoms. The van der Waals surface area contributed by atoms with Crippen LogP contribution in [-0.4, -0.2) is 6.61 Å². The van der Waals surface area contributed by atoms with E-state index in [2.05, 4.69) is 55.5 Å². The largest absolute Gasteiger partial charge is 0.491 e. The van der Waals surface area contributed by atoms with Crippen molar-refractivity contribution in [2.45, 2.75) is 64.7 Å². The number of hydrogen-bond acceptors (Lipinski definition) is 1. The third kappa shape index (κ3) is 6.39. The monoisotopic (exact) mass is 474 g/mol. The molecule has 0 spiro atoms. The van der Waals surface area contributed by atoms with Gasteiger partial charge in [-0.3, -0.25) is 0 Å². The molecule has 1 fully saturated rings. The Balaban J connectivity index is 1.28. The molecule has 0 N–H and O–H groups in total. The molecule has 3 heteroatoms. The van der Waals surface area contributed by atoms with Crippen LogP contribution in [0.1, 0.15) is 68.6 Å². The van der Waals surface area contributed by atoms with Crippen LogP contribution in [0.15, 0.2) is 72.8 Å². The quantitative estimate of drug-likeness (QED) is 0.281. The van der Waals surface area contributed by atoms with Crippen molar-refractivity contribution in [2.24, 2.45) is 5.92 Å². The van der Waals surface area contributed by atoms with Gasteiger partial charge in [0.2, 0.25) is 5.82 Å². The van der Waals surface area contributed by atoms with Gasteiger partial charge < -0.3 is 4.74 Å². The van der Waals surface area contributed by atoms with E-state index in [9.17, 15) is 8.78 Å². The minimum absolute atomic E-state index is 0.0400. The van der Waals surface area contributed by atoms with Gasteiger partial charge in [-0.15, -0.1) is 0 Å². The first-order valence-electron chi connectivity index (χ1n) is 13.0. The van der Waals surface area contributed by atoms with Crippen LogP contribution in [0, 0.1) is 17.6 Å². The zero-order chi connectivity index (χ0) is 24.6. The fourth-order valence-electron chi connectivity index (χ4n) is 5.08. The Morgan fingerprint density at radius 1 is 0.800 bits per heavy atom. The number of benzene rings is 3. The number of rotatable bonds is 9. The van der Waals surface area contributed by atoms with Crippen molar-refractivity contribution in [2.75, 3.05) is 6.61 Å². The third-order valence-corrected chi connectivity index (χ3v) is 7.25. The van der Waals surface area contributed by atoms with E-state index < -0.39 is 11.6 Å². The predicted octanol–water partition coefficient (Wildman–Crippen LogP) is 9.06. The van der Waals surface area contributed by atoms with Crippen molar-refractivity contribution >= 4 is 0 Å². The summed E-state index contributed by atoms with van der Waals surface area (Å²) in [5, 5.41) is 0. The first-order chi connectivity index (χ1) is 17.1. The predicted molar refractivity (Wildman–Crippen MR) is 141 cm³/mol. The van der Waals surface area contributed by atoms with Gasteiger partial charge >= 0.3 is 0 Å². The van der Waals surface area contributed by atoms with Crippen molar-refractivity contribution in [1.29, 1.82) is 0 Å². The number of allylic oxidation sites excluding steroid dienone is 2. The molecule has 0 aliphatic heterocycles. The smallest absolute Gasteiger partial charge is 0.201 e. The zero-order valence-corrected chi connectivity index (χ0v) is 20.9. The zero-order valence-electron chi connectivity index (χ0n) is 20.9. The molecule has 0 bridgehead atoms. The summed E-state index contributed by atoms with van der Waals surface area (Å²) in [6.07, 6.45) is 12.8. The average Bonchev–Trinajstić information content (AvgIpc) is 2.90. The molecule has 3 aromatic carbocycles. The minimum atomic E-state index is -0.922. The maximum atomic E-state index is 14.6. The number of hydrogen-bond donors (Lipinski definition) is 0. The highest BCUT2D eigenvalue weighted by Gasteiger charge is 2.21. The van der Waals surface area contributed by atoms with Gasteiger partial charge in [0.15, 0.2) is 11.6 Å². The molecule has 0 saturated heterocycles. The Labute approximate surface area is 208 Å². The van der Waals surface area contributed by atoms with Gasteiger partial charge in [0.1, 0.15) is 0 Å². The molecular weight excluding hydrogens is 438 g/mol. The maximum Gasteiger partial charge on any atom is 0.201 e. The summed E-state index contributed by atoms with van der Waals surface area (Å²) in [6.45, 7) is 4.24. The molecule has 0 radical (unpaired) electrons. The SMILES string of the molecule is CCOc1ccc(-c2ccc(C3CCC(C=CCCc4ccc(CC)cc4)CC3)cc2)c(F)c1F. The molecule has 184 valence electrons. The highest BCUT2D eigenvalue weighted by atomic mass is 19.2. The lowest BCUT2D eigenvalue weighted by Crippen LogP contribution is -2.11. The van der Waals surface area contributed by atoms with E-state index in [1.165, 1.54) is 48.4 Å². The fourth-order valence-corrected chi connectivity index (χ4v) is 5.08.